The van der Waals surface area contributed by atoms with E-state index in [1.54, 1.807) is 17.0 Å². The van der Waals surface area contributed by atoms with Crippen LogP contribution in [-0.2, 0) is 24.1 Å². The van der Waals surface area contributed by atoms with Gasteiger partial charge in [-0.1, -0.05) is 13.8 Å². The molecule has 0 unspecified atom stereocenters. The molecular weight excluding hydrogens is 666 g/mol. The van der Waals surface area contributed by atoms with Gasteiger partial charge in [0, 0.05) is 30.3 Å². The van der Waals surface area contributed by atoms with Crippen molar-refractivity contribution < 1.29 is 71.6 Å². The zero-order valence-electron chi connectivity index (χ0n) is 28.6. The van der Waals surface area contributed by atoms with Gasteiger partial charge in [-0.2, -0.15) is 18.4 Å². The topological polar surface area (TPSA) is 143 Å². The molecule has 0 spiro atoms. The average molecular weight is 702 g/mol. The molecule has 0 aliphatic rings. The number of pyridine rings is 1. The Balaban J connectivity index is 0.00000676. The second-order valence-corrected chi connectivity index (χ2v) is 11.2. The quantitative estimate of drug-likeness (QED) is 0.133. The van der Waals surface area contributed by atoms with Crippen LogP contribution in [-0.4, -0.2) is 48.9 Å². The predicted molar refractivity (Wildman–Crippen MR) is 171 cm³/mol. The Kier molecular flexibility index (Phi) is 14.3. The van der Waals surface area contributed by atoms with E-state index in [0.717, 1.165) is 17.8 Å². The van der Waals surface area contributed by atoms with Crippen LogP contribution in [0, 0.1) is 11.3 Å². The van der Waals surface area contributed by atoms with Crippen molar-refractivity contribution in [3.8, 4) is 40.3 Å². The minimum absolute atomic E-state index is 0. The molecule has 2 aromatic carbocycles. The Bertz CT molecular complexity index is 1820. The summed E-state index contributed by atoms with van der Waals surface area (Å²) in [6, 6.07) is 12.1. The number of carbonyl (C=O) groups is 1. The number of rotatable bonds is 15. The zero-order valence-corrected chi connectivity index (χ0v) is 30.6. The number of benzene rings is 2. The number of carboxylic acids is 1. The van der Waals surface area contributed by atoms with E-state index in [1.807, 2.05) is 32.0 Å². The standard InChI is InChI=1S/C35H36F3N5O6.Na/c1-21(2)28-8-9-29(46-3)33(42-28)27-15-31(48-5)30(47-4)14-24(27)20-43(19-23-11-22(16-39)12-25(13-23)35(36,37)38)34-40-17-26(18-41-34)49-10-6-7-32(44)45;/h8-9,11-15,17-18,21H,6-7,10,19-20H2,1-5H3,(H,44,45);/q;+1/p-1. The van der Waals surface area contributed by atoms with E-state index in [9.17, 15) is 28.3 Å². The van der Waals surface area contributed by atoms with Crippen LogP contribution in [0.15, 0.2) is 54.9 Å². The molecule has 2 heterocycles. The van der Waals surface area contributed by atoms with E-state index < -0.39 is 17.7 Å². The Morgan fingerprint density at radius 2 is 1.62 bits per heavy atom. The van der Waals surface area contributed by atoms with Gasteiger partial charge < -0.3 is 33.7 Å². The summed E-state index contributed by atoms with van der Waals surface area (Å²) in [5, 5.41) is 20.2. The molecular formula is C35H35F3N5NaO6. The predicted octanol–water partition coefficient (Wildman–Crippen LogP) is 2.70. The van der Waals surface area contributed by atoms with Crippen molar-refractivity contribution in [2.75, 3.05) is 32.8 Å². The van der Waals surface area contributed by atoms with E-state index in [1.165, 1.54) is 39.8 Å². The van der Waals surface area contributed by atoms with Gasteiger partial charge in [0.2, 0.25) is 5.95 Å². The summed E-state index contributed by atoms with van der Waals surface area (Å²) >= 11 is 0. The van der Waals surface area contributed by atoms with E-state index >= 15 is 0 Å². The van der Waals surface area contributed by atoms with Crippen LogP contribution in [0.25, 0.3) is 11.3 Å². The van der Waals surface area contributed by atoms with Crippen LogP contribution < -0.4 is 58.5 Å². The van der Waals surface area contributed by atoms with E-state index in [0.29, 0.717) is 34.1 Å². The average Bonchev–Trinajstić information content (AvgIpc) is 3.08. The first-order valence-electron chi connectivity index (χ1n) is 15.2. The number of ether oxygens (including phenoxy) is 4. The molecule has 11 nitrogen and oxygen atoms in total. The summed E-state index contributed by atoms with van der Waals surface area (Å²) in [5.41, 5.74) is 1.62. The van der Waals surface area contributed by atoms with Gasteiger partial charge >= 0.3 is 35.7 Å². The van der Waals surface area contributed by atoms with Crippen molar-refractivity contribution in [2.24, 2.45) is 0 Å². The van der Waals surface area contributed by atoms with Crippen LogP contribution in [0.3, 0.4) is 0 Å². The summed E-state index contributed by atoms with van der Waals surface area (Å²) in [4.78, 5) is 26.1. The minimum atomic E-state index is -4.68. The maximum Gasteiger partial charge on any atom is 1.00 e. The second kappa shape index (κ2) is 17.9. The summed E-state index contributed by atoms with van der Waals surface area (Å²) in [5.74, 6) is 0.589. The molecule has 15 heteroatoms. The molecule has 50 heavy (non-hydrogen) atoms. The Labute approximate surface area is 310 Å². The van der Waals surface area contributed by atoms with Crippen molar-refractivity contribution in [1.29, 1.82) is 5.26 Å². The van der Waals surface area contributed by atoms with Gasteiger partial charge in [-0.3, -0.25) is 0 Å². The number of carbonyl (C=O) groups excluding carboxylic acids is 1. The number of aliphatic carboxylic acids is 1. The van der Waals surface area contributed by atoms with Crippen LogP contribution in [0.1, 0.15) is 60.6 Å². The fourth-order valence-electron chi connectivity index (χ4n) is 5.00. The molecule has 0 N–H and O–H groups in total. The first kappa shape index (κ1) is 39.9. The number of nitrogens with zero attached hydrogens (tertiary/aromatic N) is 5. The first-order chi connectivity index (χ1) is 23.4. The number of alkyl halides is 3. The molecule has 4 rings (SSSR count). The van der Waals surface area contributed by atoms with Crippen molar-refractivity contribution in [3.05, 3.63) is 82.8 Å². The Morgan fingerprint density at radius 1 is 0.960 bits per heavy atom. The van der Waals surface area contributed by atoms with Gasteiger partial charge in [0.05, 0.1) is 57.5 Å². The second-order valence-electron chi connectivity index (χ2n) is 11.2. The van der Waals surface area contributed by atoms with Crippen LogP contribution in [0.2, 0.25) is 0 Å². The van der Waals surface area contributed by atoms with Crippen molar-refractivity contribution in [1.82, 2.24) is 15.0 Å². The third kappa shape index (κ3) is 10.2. The molecule has 0 aliphatic heterocycles. The van der Waals surface area contributed by atoms with Gasteiger partial charge in [0.1, 0.15) is 11.4 Å². The number of hydrogen-bond donors (Lipinski definition) is 0. The van der Waals surface area contributed by atoms with E-state index in [2.05, 4.69) is 9.97 Å². The number of aromatic nitrogens is 3. The first-order valence-corrected chi connectivity index (χ1v) is 15.2. The number of nitriles is 1. The van der Waals surface area contributed by atoms with Gasteiger partial charge in [0.25, 0.3) is 0 Å². The van der Waals surface area contributed by atoms with Crippen molar-refractivity contribution in [3.63, 3.8) is 0 Å². The summed E-state index contributed by atoms with van der Waals surface area (Å²) < 4.78 is 63.9. The molecule has 0 fully saturated rings. The molecule has 0 saturated heterocycles. The third-order valence-electron chi connectivity index (χ3n) is 7.43. The van der Waals surface area contributed by atoms with E-state index in [4.69, 9.17) is 23.9 Å². The van der Waals surface area contributed by atoms with Gasteiger partial charge in [0.15, 0.2) is 17.2 Å². The number of halogens is 3. The molecule has 4 aromatic rings. The molecule has 2 aromatic heterocycles. The fraction of sp³-hybridized carbons (Fsp3) is 0.343. The summed E-state index contributed by atoms with van der Waals surface area (Å²) in [7, 11) is 4.51. The summed E-state index contributed by atoms with van der Waals surface area (Å²) in [6.07, 6.45) is -1.88. The third-order valence-corrected chi connectivity index (χ3v) is 7.43. The number of hydrogen-bond acceptors (Lipinski definition) is 11. The van der Waals surface area contributed by atoms with Gasteiger partial charge in [-0.25, -0.2) is 15.0 Å². The molecule has 0 aliphatic carbocycles. The van der Waals surface area contributed by atoms with Crippen molar-refractivity contribution >= 4 is 11.9 Å². The maximum absolute atomic E-state index is 13.8. The summed E-state index contributed by atoms with van der Waals surface area (Å²) in [6.45, 7) is 4.01. The van der Waals surface area contributed by atoms with E-state index in [-0.39, 0.29) is 90.8 Å². The van der Waals surface area contributed by atoms with Gasteiger partial charge in [-0.15, -0.1) is 0 Å². The smallest absolute Gasteiger partial charge is 0.550 e. The van der Waals surface area contributed by atoms with Crippen molar-refractivity contribution in [2.45, 2.75) is 51.9 Å². The SMILES string of the molecule is COc1cc(CN(Cc2cc(C#N)cc(C(F)(F)F)c2)c2ncc(OCCCC(=O)[O-])cn2)c(-c2nc(C(C)C)ccc2OC)cc1OC.[Na+]. The maximum atomic E-state index is 13.8. The van der Waals surface area contributed by atoms with Crippen LogP contribution >= 0.6 is 0 Å². The monoisotopic (exact) mass is 701 g/mol. The van der Waals surface area contributed by atoms with Crippen LogP contribution in [0.5, 0.6) is 23.0 Å². The zero-order chi connectivity index (χ0) is 35.7. The normalized spacial score (nSPS) is 11.0. The Hall–Kier alpha value is -4.58. The minimum Gasteiger partial charge on any atom is -0.550 e. The Morgan fingerprint density at radius 3 is 2.20 bits per heavy atom. The molecule has 0 atom stereocenters. The largest absolute Gasteiger partial charge is 1.00 e. The van der Waals surface area contributed by atoms with Gasteiger partial charge in [-0.05, 0) is 72.4 Å². The fourth-order valence-corrected chi connectivity index (χ4v) is 5.00. The number of anilines is 1. The molecule has 0 saturated carbocycles. The molecule has 258 valence electrons. The number of carboxylic acid groups (broad SMARTS) is 1. The number of methoxy groups -OCH3 is 3. The van der Waals surface area contributed by atoms with Crippen LogP contribution in [0.4, 0.5) is 19.1 Å². The molecule has 0 amide bonds. The molecule has 0 bridgehead atoms. The molecule has 0 radical (unpaired) electrons.